The molecule has 0 saturated carbocycles. The zero-order valence-corrected chi connectivity index (χ0v) is 10.1. The van der Waals surface area contributed by atoms with E-state index >= 15 is 0 Å². The second-order valence-electron chi connectivity index (χ2n) is 3.67. The van der Waals surface area contributed by atoms with Gasteiger partial charge in [0.2, 0.25) is 0 Å². The van der Waals surface area contributed by atoms with Gasteiger partial charge in [-0.3, -0.25) is 4.68 Å². The summed E-state index contributed by atoms with van der Waals surface area (Å²) < 4.78 is 1.85. The van der Waals surface area contributed by atoms with Crippen LogP contribution in [-0.4, -0.2) is 16.8 Å². The lowest BCUT2D eigenvalue weighted by Gasteiger charge is -2.10. The molecule has 0 bridgehead atoms. The second-order valence-corrected chi connectivity index (χ2v) is 4.11. The maximum atomic E-state index is 6.04. The number of halogens is 1. The van der Waals surface area contributed by atoms with E-state index in [9.17, 15) is 0 Å². The van der Waals surface area contributed by atoms with Crippen molar-refractivity contribution in [2.24, 2.45) is 7.05 Å². The van der Waals surface area contributed by atoms with E-state index in [1.165, 1.54) is 5.56 Å². The maximum absolute atomic E-state index is 6.04. The van der Waals surface area contributed by atoms with Crippen molar-refractivity contribution in [2.45, 2.75) is 6.54 Å². The number of nitrogens with one attached hydrogen (secondary N) is 1. The van der Waals surface area contributed by atoms with Gasteiger partial charge in [-0.05, 0) is 30.8 Å². The fourth-order valence-corrected chi connectivity index (χ4v) is 1.94. The second kappa shape index (κ2) is 4.68. The van der Waals surface area contributed by atoms with Crippen LogP contribution in [0.25, 0.3) is 11.3 Å². The minimum atomic E-state index is 0.746. The molecular weight excluding hydrogens is 222 g/mol. The quantitative estimate of drug-likeness (QED) is 0.886. The van der Waals surface area contributed by atoms with Gasteiger partial charge in [-0.25, -0.2) is 0 Å². The molecule has 0 aliphatic rings. The summed E-state index contributed by atoms with van der Waals surface area (Å²) in [5.41, 5.74) is 3.42. The Morgan fingerprint density at radius 2 is 2.19 bits per heavy atom. The predicted molar refractivity (Wildman–Crippen MR) is 66.4 cm³/mol. The van der Waals surface area contributed by atoms with Crippen LogP contribution in [0.5, 0.6) is 0 Å². The Kier molecular flexibility index (Phi) is 3.27. The van der Waals surface area contributed by atoms with E-state index in [0.717, 1.165) is 22.8 Å². The average molecular weight is 236 g/mol. The summed E-state index contributed by atoms with van der Waals surface area (Å²) in [5, 5.41) is 8.08. The highest BCUT2D eigenvalue weighted by Crippen LogP contribution is 2.26. The topological polar surface area (TPSA) is 29.9 Å². The number of hydrogen-bond donors (Lipinski definition) is 1. The highest BCUT2D eigenvalue weighted by molar-refractivity contribution is 6.30. The van der Waals surface area contributed by atoms with Crippen LogP contribution < -0.4 is 5.32 Å². The smallest absolute Gasteiger partial charge is 0.0682 e. The van der Waals surface area contributed by atoms with E-state index in [0.29, 0.717) is 0 Å². The molecule has 0 fully saturated rings. The third-order valence-corrected chi connectivity index (χ3v) is 2.77. The molecule has 3 nitrogen and oxygen atoms in total. The number of nitrogens with zero attached hydrogens (tertiary/aromatic N) is 2. The van der Waals surface area contributed by atoms with Gasteiger partial charge in [-0.1, -0.05) is 17.7 Å². The van der Waals surface area contributed by atoms with E-state index in [4.69, 9.17) is 11.6 Å². The molecule has 0 amide bonds. The summed E-state index contributed by atoms with van der Waals surface area (Å²) in [6.45, 7) is 0.817. The highest BCUT2D eigenvalue weighted by Gasteiger charge is 2.08. The van der Waals surface area contributed by atoms with E-state index < -0.39 is 0 Å². The third-order valence-electron chi connectivity index (χ3n) is 2.54. The van der Waals surface area contributed by atoms with Gasteiger partial charge in [0.25, 0.3) is 0 Å². The number of aryl methyl sites for hydroxylation is 1. The molecule has 1 aromatic carbocycles. The molecule has 1 aromatic heterocycles. The lowest BCUT2D eigenvalue weighted by molar-refractivity contribution is 0.770. The first-order valence-electron chi connectivity index (χ1n) is 5.14. The molecule has 1 N–H and O–H groups in total. The Labute approximate surface area is 100 Å². The summed E-state index contributed by atoms with van der Waals surface area (Å²) in [6.07, 6.45) is 1.79. The minimum absolute atomic E-state index is 0.746. The standard InChI is InChI=1S/C12H14ClN3/c1-14-8-9-3-4-10(13)7-11(9)12-5-6-15-16(12)2/h3-7,14H,8H2,1-2H3. The summed E-state index contributed by atoms with van der Waals surface area (Å²) in [5.74, 6) is 0. The van der Waals surface area contributed by atoms with Crippen LogP contribution in [0.15, 0.2) is 30.5 Å². The van der Waals surface area contributed by atoms with Gasteiger partial charge in [0.1, 0.15) is 0 Å². The monoisotopic (exact) mass is 235 g/mol. The molecule has 0 aliphatic heterocycles. The first kappa shape index (κ1) is 11.2. The van der Waals surface area contributed by atoms with Crippen LogP contribution in [0, 0.1) is 0 Å². The molecular formula is C12H14ClN3. The fraction of sp³-hybridized carbons (Fsp3) is 0.250. The van der Waals surface area contributed by atoms with Crippen molar-refractivity contribution in [1.29, 1.82) is 0 Å². The average Bonchev–Trinajstić information content (AvgIpc) is 2.67. The van der Waals surface area contributed by atoms with Crippen LogP contribution in [-0.2, 0) is 13.6 Å². The number of aromatic nitrogens is 2. The zero-order chi connectivity index (χ0) is 11.5. The molecule has 0 spiro atoms. The van der Waals surface area contributed by atoms with Crippen molar-refractivity contribution >= 4 is 11.6 Å². The molecule has 84 valence electrons. The van der Waals surface area contributed by atoms with Crippen LogP contribution >= 0.6 is 11.6 Å². The van der Waals surface area contributed by atoms with Gasteiger partial charge in [0.05, 0.1) is 5.69 Å². The van der Waals surface area contributed by atoms with E-state index in [1.54, 1.807) is 6.20 Å². The molecule has 0 atom stereocenters. The SMILES string of the molecule is CNCc1ccc(Cl)cc1-c1ccnn1C. The highest BCUT2D eigenvalue weighted by atomic mass is 35.5. The first-order valence-corrected chi connectivity index (χ1v) is 5.51. The summed E-state index contributed by atoms with van der Waals surface area (Å²) in [7, 11) is 3.86. The van der Waals surface area contributed by atoms with E-state index in [2.05, 4.69) is 10.4 Å². The van der Waals surface area contributed by atoms with Crippen LogP contribution in [0.2, 0.25) is 5.02 Å². The molecule has 4 heteroatoms. The van der Waals surface area contributed by atoms with Gasteiger partial charge < -0.3 is 5.32 Å². The third kappa shape index (κ3) is 2.10. The van der Waals surface area contributed by atoms with Gasteiger partial charge in [-0.15, -0.1) is 0 Å². The lowest BCUT2D eigenvalue weighted by atomic mass is 10.0. The van der Waals surface area contributed by atoms with Crippen LogP contribution in [0.3, 0.4) is 0 Å². The Balaban J connectivity index is 2.53. The summed E-state index contributed by atoms with van der Waals surface area (Å²) in [4.78, 5) is 0. The van der Waals surface area contributed by atoms with Crippen molar-refractivity contribution in [1.82, 2.24) is 15.1 Å². The van der Waals surface area contributed by atoms with Gasteiger partial charge in [-0.2, -0.15) is 5.10 Å². The maximum Gasteiger partial charge on any atom is 0.0682 e. The number of hydrogen-bond acceptors (Lipinski definition) is 2. The van der Waals surface area contributed by atoms with Gasteiger partial charge >= 0.3 is 0 Å². The molecule has 0 unspecified atom stereocenters. The lowest BCUT2D eigenvalue weighted by Crippen LogP contribution is -2.07. The van der Waals surface area contributed by atoms with Crippen LogP contribution in [0.4, 0.5) is 0 Å². The van der Waals surface area contributed by atoms with Gasteiger partial charge in [0.15, 0.2) is 0 Å². The van der Waals surface area contributed by atoms with Crippen molar-refractivity contribution in [3.8, 4) is 11.3 Å². The summed E-state index contributed by atoms with van der Waals surface area (Å²) in [6, 6.07) is 7.92. The molecule has 1 heterocycles. The number of rotatable bonds is 3. The van der Waals surface area contributed by atoms with Crippen molar-refractivity contribution in [2.75, 3.05) is 7.05 Å². The minimum Gasteiger partial charge on any atom is -0.316 e. The van der Waals surface area contributed by atoms with Crippen molar-refractivity contribution in [3.05, 3.63) is 41.0 Å². The molecule has 0 radical (unpaired) electrons. The fourth-order valence-electron chi connectivity index (χ4n) is 1.77. The largest absolute Gasteiger partial charge is 0.316 e. The normalized spacial score (nSPS) is 10.7. The Morgan fingerprint density at radius 3 is 2.81 bits per heavy atom. The first-order chi connectivity index (χ1) is 7.72. The Bertz CT molecular complexity index is 491. The zero-order valence-electron chi connectivity index (χ0n) is 9.37. The summed E-state index contributed by atoms with van der Waals surface area (Å²) >= 11 is 6.04. The van der Waals surface area contributed by atoms with Crippen molar-refractivity contribution < 1.29 is 0 Å². The van der Waals surface area contributed by atoms with E-state index in [-0.39, 0.29) is 0 Å². The van der Waals surface area contributed by atoms with Crippen molar-refractivity contribution in [3.63, 3.8) is 0 Å². The Morgan fingerprint density at radius 1 is 1.38 bits per heavy atom. The van der Waals surface area contributed by atoms with Gasteiger partial charge in [0, 0.05) is 30.4 Å². The van der Waals surface area contributed by atoms with E-state index in [1.807, 2.05) is 43.0 Å². The molecule has 0 aliphatic carbocycles. The molecule has 16 heavy (non-hydrogen) atoms. The van der Waals surface area contributed by atoms with Crippen LogP contribution in [0.1, 0.15) is 5.56 Å². The number of benzene rings is 1. The molecule has 2 rings (SSSR count). The predicted octanol–water partition coefficient (Wildman–Crippen LogP) is 2.46. The molecule has 0 saturated heterocycles. The molecule has 2 aromatic rings. The Hall–Kier alpha value is -1.32.